The van der Waals surface area contributed by atoms with Crippen molar-refractivity contribution < 1.29 is 46.2 Å². The molecule has 362 valence electrons. The Labute approximate surface area is 398 Å². The van der Waals surface area contributed by atoms with E-state index < -0.39 is 78.5 Å². The van der Waals surface area contributed by atoms with Gasteiger partial charge in [0.15, 0.2) is 0 Å². The van der Waals surface area contributed by atoms with E-state index in [1.165, 1.54) is 36.9 Å². The predicted molar refractivity (Wildman–Crippen MR) is 246 cm³/mol. The first-order chi connectivity index (χ1) is 31.5. The van der Waals surface area contributed by atoms with Crippen LogP contribution >= 0.6 is 23.2 Å². The lowest BCUT2D eigenvalue weighted by Gasteiger charge is -2.50. The minimum atomic E-state index is -4.88. The van der Waals surface area contributed by atoms with Gasteiger partial charge in [-0.2, -0.15) is 13.2 Å². The minimum absolute atomic E-state index is 0.0631. The number of piperidine rings is 1. The number of imidazole rings is 1. The lowest BCUT2D eigenvalue weighted by Crippen LogP contribution is -2.65. The van der Waals surface area contributed by atoms with Gasteiger partial charge in [-0.25, -0.2) is 9.37 Å². The number of hydrogen-bond acceptors (Lipinski definition) is 8. The molecule has 13 nitrogen and oxygen atoms in total. The standard InChI is InChI=1S/C48H57Cl2F4N7O6/c1-29-43(63)57-38(27-66-7)45(65)59(6)47(22-30-9-13-33(49)14-10-30)17-8-18-60(28-47)44(64)32(23-48(52,53)54)19-42(62)61(29)26-36-37(51)20-34(50)21-40(36)67-35-15-11-31(12-16-35)39-24-55-41(58(39)5)25-56-46(2,3)4/h9-16,20-21,24,29,32,38,56H,8,17-19,22-23,25-28H2,1-7H3,(H,57,63)/t29-,32-,38-,47+/m0/s1. The molecule has 0 unspecified atom stereocenters. The zero-order valence-electron chi connectivity index (χ0n) is 38.6. The molecule has 4 amide bonds. The second kappa shape index (κ2) is 21.0. The quantitative estimate of drug-likeness (QED) is 0.136. The molecule has 2 aliphatic rings. The van der Waals surface area contributed by atoms with Crippen LogP contribution in [0, 0.1) is 11.7 Å². The van der Waals surface area contributed by atoms with Gasteiger partial charge >= 0.3 is 6.18 Å². The van der Waals surface area contributed by atoms with Gasteiger partial charge in [-0.15, -0.1) is 0 Å². The van der Waals surface area contributed by atoms with Gasteiger partial charge in [-0.1, -0.05) is 35.3 Å². The number of aromatic nitrogens is 2. The largest absolute Gasteiger partial charge is 0.457 e. The molecule has 2 bridgehead atoms. The Morgan fingerprint density at radius 1 is 0.955 bits per heavy atom. The number of fused-ring (bicyclic) bond motifs is 2. The summed E-state index contributed by atoms with van der Waals surface area (Å²) < 4.78 is 72.9. The van der Waals surface area contributed by atoms with Crippen LogP contribution in [0.25, 0.3) is 11.3 Å². The van der Waals surface area contributed by atoms with Gasteiger partial charge in [-0.3, -0.25) is 19.2 Å². The molecule has 0 radical (unpaired) electrons. The van der Waals surface area contributed by atoms with E-state index in [0.29, 0.717) is 24.4 Å². The Hall–Kier alpha value is -5.23. The zero-order valence-corrected chi connectivity index (χ0v) is 40.1. The SMILES string of the molecule is COC[C@@H]1NC(=O)[C@H](C)N(Cc2c(F)cc(Cl)cc2Oc2ccc(-c3cnc(CNC(C)(C)C)n3C)cc2)C(=O)C[C@@H](CC(F)(F)F)C(=O)N2CCC[C@@](Cc3ccc(Cl)cc3)(C2)N(C)C1=O. The van der Waals surface area contributed by atoms with Crippen molar-refractivity contribution in [1.82, 2.24) is 34.9 Å². The number of methoxy groups -OCH3 is 1. The number of carbonyl (C=O) groups is 4. The second-order valence-electron chi connectivity index (χ2n) is 18.4. The third-order valence-electron chi connectivity index (χ3n) is 12.4. The number of hydrogen-bond donors (Lipinski definition) is 2. The van der Waals surface area contributed by atoms with Crippen molar-refractivity contribution in [3.05, 3.63) is 99.7 Å². The Morgan fingerprint density at radius 3 is 2.28 bits per heavy atom. The maximum atomic E-state index is 16.2. The van der Waals surface area contributed by atoms with E-state index in [1.807, 2.05) is 11.6 Å². The highest BCUT2D eigenvalue weighted by Crippen LogP contribution is 2.37. The third kappa shape index (κ3) is 12.7. The summed E-state index contributed by atoms with van der Waals surface area (Å²) in [6, 6.07) is 13.2. The fourth-order valence-electron chi connectivity index (χ4n) is 8.66. The maximum Gasteiger partial charge on any atom is 0.389 e. The van der Waals surface area contributed by atoms with Crippen molar-refractivity contribution in [2.45, 2.75) is 102 Å². The van der Waals surface area contributed by atoms with Crippen LogP contribution in [0.2, 0.25) is 10.0 Å². The van der Waals surface area contributed by atoms with Gasteiger partial charge in [0.1, 0.15) is 35.2 Å². The van der Waals surface area contributed by atoms with E-state index in [-0.39, 0.29) is 53.7 Å². The van der Waals surface area contributed by atoms with E-state index in [4.69, 9.17) is 32.7 Å². The summed E-state index contributed by atoms with van der Waals surface area (Å²) in [5.41, 5.74) is 0.853. The number of benzene rings is 3. The van der Waals surface area contributed by atoms with Crippen molar-refractivity contribution in [1.29, 1.82) is 0 Å². The first kappa shape index (κ1) is 51.2. The van der Waals surface area contributed by atoms with Crippen molar-refractivity contribution in [3.63, 3.8) is 0 Å². The molecule has 2 aliphatic heterocycles. The summed E-state index contributed by atoms with van der Waals surface area (Å²) in [4.78, 5) is 66.0. The molecule has 0 saturated carbocycles. The number of rotatable bonds is 12. The lowest BCUT2D eigenvalue weighted by molar-refractivity contribution is -0.166. The number of carbonyl (C=O) groups excluding carboxylic acids is 4. The average Bonchev–Trinajstić information content (AvgIpc) is 3.63. The molecular formula is C48H57Cl2F4N7O6. The highest BCUT2D eigenvalue weighted by molar-refractivity contribution is 6.31. The van der Waals surface area contributed by atoms with Crippen molar-refractivity contribution >= 4 is 46.8 Å². The van der Waals surface area contributed by atoms with Crippen LogP contribution in [-0.2, 0) is 50.5 Å². The molecular weight excluding hydrogens is 917 g/mol. The molecule has 0 aliphatic carbocycles. The van der Waals surface area contributed by atoms with E-state index in [2.05, 4.69) is 36.4 Å². The molecule has 6 rings (SSSR count). The fraction of sp³-hybridized carbons (Fsp3) is 0.479. The number of halogens is 6. The number of nitrogens with one attached hydrogen (secondary N) is 2. The number of ether oxygens (including phenoxy) is 2. The maximum absolute atomic E-state index is 16.2. The Balaban J connectivity index is 1.35. The topological polar surface area (TPSA) is 138 Å². The van der Waals surface area contributed by atoms with Crippen LogP contribution in [0.4, 0.5) is 17.6 Å². The van der Waals surface area contributed by atoms with Crippen LogP contribution in [0.15, 0.2) is 66.9 Å². The van der Waals surface area contributed by atoms with E-state index >= 15 is 4.39 Å². The summed E-state index contributed by atoms with van der Waals surface area (Å²) >= 11 is 12.5. The third-order valence-corrected chi connectivity index (χ3v) is 12.9. The normalized spacial score (nSPS) is 21.4. The van der Waals surface area contributed by atoms with Crippen LogP contribution < -0.4 is 15.4 Å². The molecule has 4 atom stereocenters. The molecule has 2 N–H and O–H groups in total. The first-order valence-electron chi connectivity index (χ1n) is 22.0. The summed E-state index contributed by atoms with van der Waals surface area (Å²) in [5, 5.41) is 6.51. The van der Waals surface area contributed by atoms with Gasteiger partial charge in [0, 0.05) is 67.4 Å². The van der Waals surface area contributed by atoms with Crippen molar-refractivity contribution in [2.75, 3.05) is 33.9 Å². The zero-order chi connectivity index (χ0) is 49.0. The first-order valence-corrected chi connectivity index (χ1v) is 22.7. The molecule has 2 saturated heterocycles. The number of alkyl halides is 3. The number of likely N-dealkylation sites (N-methyl/N-ethyl adjacent to an activating group) is 1. The van der Waals surface area contributed by atoms with E-state index in [1.54, 1.807) is 54.7 Å². The molecule has 2 fully saturated rings. The molecule has 3 aromatic carbocycles. The highest BCUT2D eigenvalue weighted by Gasteiger charge is 2.48. The van der Waals surface area contributed by atoms with Crippen LogP contribution in [0.3, 0.4) is 0 Å². The lowest BCUT2D eigenvalue weighted by atomic mass is 9.80. The Bertz CT molecular complexity index is 2430. The second-order valence-corrected chi connectivity index (χ2v) is 19.3. The Morgan fingerprint density at radius 2 is 1.64 bits per heavy atom. The summed E-state index contributed by atoms with van der Waals surface area (Å²) in [5.74, 6) is -5.41. The number of amides is 4. The number of nitrogens with zero attached hydrogens (tertiary/aromatic N) is 5. The van der Waals surface area contributed by atoms with E-state index in [0.717, 1.165) is 33.6 Å². The van der Waals surface area contributed by atoms with Gasteiger partial charge < -0.3 is 39.4 Å². The fourth-order valence-corrected chi connectivity index (χ4v) is 8.98. The summed E-state index contributed by atoms with van der Waals surface area (Å²) in [6.45, 7) is 6.93. The molecule has 67 heavy (non-hydrogen) atoms. The van der Waals surface area contributed by atoms with Crippen LogP contribution in [0.1, 0.15) is 70.3 Å². The van der Waals surface area contributed by atoms with Gasteiger partial charge in [0.2, 0.25) is 23.6 Å². The van der Waals surface area contributed by atoms with Gasteiger partial charge in [-0.05, 0) is 101 Å². The van der Waals surface area contributed by atoms with Crippen molar-refractivity contribution in [2.24, 2.45) is 13.0 Å². The highest BCUT2D eigenvalue weighted by atomic mass is 35.5. The minimum Gasteiger partial charge on any atom is -0.457 e. The smallest absolute Gasteiger partial charge is 0.389 e. The molecule has 0 spiro atoms. The average molecular weight is 975 g/mol. The molecule has 1 aromatic heterocycles. The summed E-state index contributed by atoms with van der Waals surface area (Å²) in [6.07, 6.45) is -4.88. The molecule has 19 heteroatoms. The summed E-state index contributed by atoms with van der Waals surface area (Å²) in [7, 11) is 4.77. The van der Waals surface area contributed by atoms with Crippen LogP contribution in [-0.4, -0.2) is 111 Å². The monoisotopic (exact) mass is 973 g/mol. The predicted octanol–water partition coefficient (Wildman–Crippen LogP) is 8.10. The van der Waals surface area contributed by atoms with Crippen LogP contribution in [0.5, 0.6) is 11.5 Å². The molecule has 4 aromatic rings. The van der Waals surface area contributed by atoms with Crippen molar-refractivity contribution in [3.8, 4) is 22.8 Å². The van der Waals surface area contributed by atoms with Gasteiger partial charge in [0.25, 0.3) is 0 Å². The molecule has 3 heterocycles. The van der Waals surface area contributed by atoms with E-state index in [9.17, 15) is 32.3 Å². The Kier molecular flexibility index (Phi) is 16.0. The van der Waals surface area contributed by atoms with Gasteiger partial charge in [0.05, 0.1) is 49.5 Å².